The predicted molar refractivity (Wildman–Crippen MR) is 139 cm³/mol. The molecule has 0 radical (unpaired) electrons. The number of benzene rings is 2. The Bertz CT molecular complexity index is 963. The molecule has 0 aromatic heterocycles. The number of rotatable bonds is 12. The van der Waals surface area contributed by atoms with Gasteiger partial charge in [-0.3, -0.25) is 0 Å². The van der Waals surface area contributed by atoms with E-state index < -0.39 is 28.4 Å². The molecule has 1 aliphatic heterocycles. The van der Waals surface area contributed by atoms with E-state index in [1.807, 2.05) is 19.1 Å². The van der Waals surface area contributed by atoms with Gasteiger partial charge in [-0.15, -0.1) is 0 Å². The summed E-state index contributed by atoms with van der Waals surface area (Å²) in [6, 6.07) is 14.3. The Balaban J connectivity index is 1.90. The molecule has 1 heterocycles. The molecular weight excluding hydrogens is 521 g/mol. The standard InChI is InChI=1S/C15H14NO2S.3C4H9.Sn/c1-12-6-8-15(9-7-12)19(17,18)16-10-13-4-2-3-5-14(13)11-16;3*1-3-4-2;/h2,4-9H,10-11H2,1H3;3*1,3-4H2,2H3;. The zero-order valence-corrected chi connectivity index (χ0v) is 24.2. The Morgan fingerprint density at radius 3 is 1.84 bits per heavy atom. The molecule has 0 aliphatic carbocycles. The number of nitrogens with zero attached hydrogens (tertiary/aromatic N) is 1. The molecule has 2 aromatic rings. The molecule has 0 saturated carbocycles. The van der Waals surface area contributed by atoms with Gasteiger partial charge in [0, 0.05) is 0 Å². The molecule has 0 unspecified atom stereocenters. The van der Waals surface area contributed by atoms with Gasteiger partial charge in [-0.1, -0.05) is 0 Å². The first-order valence-corrected chi connectivity index (χ1v) is 21.5. The van der Waals surface area contributed by atoms with Crippen molar-refractivity contribution in [2.24, 2.45) is 0 Å². The van der Waals surface area contributed by atoms with Crippen LogP contribution >= 0.6 is 0 Å². The zero-order chi connectivity index (χ0) is 23.2. The summed E-state index contributed by atoms with van der Waals surface area (Å²) in [5.41, 5.74) is 3.50. The molecule has 0 bridgehead atoms. The summed E-state index contributed by atoms with van der Waals surface area (Å²) in [6.45, 7) is 9.92. The minimum absolute atomic E-state index is 0.401. The van der Waals surface area contributed by atoms with Crippen LogP contribution in [-0.2, 0) is 23.1 Å². The van der Waals surface area contributed by atoms with Gasteiger partial charge < -0.3 is 0 Å². The van der Waals surface area contributed by atoms with Crippen LogP contribution in [0.3, 0.4) is 0 Å². The summed E-state index contributed by atoms with van der Waals surface area (Å²) in [7, 11) is -3.46. The number of fused-ring (bicyclic) bond motifs is 1. The first kappa shape index (κ1) is 25.8. The van der Waals surface area contributed by atoms with Crippen molar-refractivity contribution < 1.29 is 8.42 Å². The number of aryl methyl sites for hydroxylation is 1. The molecule has 3 rings (SSSR count). The van der Waals surface area contributed by atoms with Gasteiger partial charge in [0.05, 0.1) is 0 Å². The van der Waals surface area contributed by atoms with Crippen molar-refractivity contribution in [1.29, 1.82) is 0 Å². The van der Waals surface area contributed by atoms with Gasteiger partial charge in [0.2, 0.25) is 0 Å². The van der Waals surface area contributed by atoms with Crippen LogP contribution in [0.5, 0.6) is 0 Å². The molecule has 0 atom stereocenters. The SMILES string of the molecule is CCC[CH2][Sn]([CH2]CCC)([CH2]CCC)[c]1ccc2c(c1)CN(S(=O)(=O)c1ccc(C)cc1)C2. The van der Waals surface area contributed by atoms with Crippen LogP contribution in [-0.4, -0.2) is 31.1 Å². The van der Waals surface area contributed by atoms with E-state index in [0.29, 0.717) is 18.0 Å². The summed E-state index contributed by atoms with van der Waals surface area (Å²) in [5.74, 6) is 0. The topological polar surface area (TPSA) is 37.4 Å². The van der Waals surface area contributed by atoms with E-state index in [9.17, 15) is 8.42 Å². The van der Waals surface area contributed by atoms with Gasteiger partial charge in [-0.05, 0) is 0 Å². The Morgan fingerprint density at radius 2 is 1.31 bits per heavy atom. The van der Waals surface area contributed by atoms with Crippen molar-refractivity contribution in [1.82, 2.24) is 4.31 Å². The third-order valence-corrected chi connectivity index (χ3v) is 24.6. The average Bonchev–Trinajstić information content (AvgIpc) is 3.24. The van der Waals surface area contributed by atoms with Gasteiger partial charge >= 0.3 is 201 Å². The van der Waals surface area contributed by atoms with Crippen LogP contribution in [0, 0.1) is 6.92 Å². The van der Waals surface area contributed by atoms with Gasteiger partial charge in [0.1, 0.15) is 0 Å². The normalized spacial score (nSPS) is 14.6. The van der Waals surface area contributed by atoms with E-state index >= 15 is 0 Å². The summed E-state index contributed by atoms with van der Waals surface area (Å²) in [4.78, 5) is 0.401. The van der Waals surface area contributed by atoms with E-state index in [2.05, 4.69) is 39.0 Å². The zero-order valence-electron chi connectivity index (χ0n) is 20.5. The van der Waals surface area contributed by atoms with Crippen molar-refractivity contribution in [2.75, 3.05) is 0 Å². The van der Waals surface area contributed by atoms with E-state index in [1.165, 1.54) is 63.0 Å². The monoisotopic (exact) mass is 563 g/mol. The van der Waals surface area contributed by atoms with E-state index in [-0.39, 0.29) is 0 Å². The molecule has 5 heteroatoms. The molecule has 176 valence electrons. The summed E-state index contributed by atoms with van der Waals surface area (Å²) in [5, 5.41) is 0. The third kappa shape index (κ3) is 5.79. The third-order valence-electron chi connectivity index (χ3n) is 7.20. The van der Waals surface area contributed by atoms with Crippen molar-refractivity contribution in [3.63, 3.8) is 0 Å². The van der Waals surface area contributed by atoms with Gasteiger partial charge in [-0.25, -0.2) is 0 Å². The molecule has 0 saturated heterocycles. The molecule has 0 fully saturated rings. The number of hydrogen-bond donors (Lipinski definition) is 0. The van der Waals surface area contributed by atoms with Crippen LogP contribution in [0.25, 0.3) is 0 Å². The number of sulfonamides is 1. The minimum atomic E-state index is -3.46. The van der Waals surface area contributed by atoms with Crippen LogP contribution < -0.4 is 3.58 Å². The second kappa shape index (κ2) is 11.5. The van der Waals surface area contributed by atoms with E-state index in [1.54, 1.807) is 20.0 Å². The summed E-state index contributed by atoms with van der Waals surface area (Å²) in [6.07, 6.45) is 7.83. The molecule has 2 aromatic carbocycles. The molecule has 0 N–H and O–H groups in total. The quantitative estimate of drug-likeness (QED) is 0.268. The van der Waals surface area contributed by atoms with Crippen molar-refractivity contribution >= 4 is 32.0 Å². The first-order valence-electron chi connectivity index (χ1n) is 12.6. The van der Waals surface area contributed by atoms with Crippen LogP contribution in [0.1, 0.15) is 76.0 Å². The van der Waals surface area contributed by atoms with Crippen molar-refractivity contribution in [3.8, 4) is 0 Å². The predicted octanol–water partition coefficient (Wildman–Crippen LogP) is 6.76. The second-order valence-electron chi connectivity index (χ2n) is 9.66. The first-order chi connectivity index (χ1) is 15.4. The Labute approximate surface area is 200 Å². The summed E-state index contributed by atoms with van der Waals surface area (Å²) >= 11 is -2.51. The van der Waals surface area contributed by atoms with E-state index in [4.69, 9.17) is 0 Å². The Kier molecular flexibility index (Phi) is 9.28. The Morgan fingerprint density at radius 1 is 0.781 bits per heavy atom. The number of hydrogen-bond acceptors (Lipinski definition) is 2. The maximum absolute atomic E-state index is 13.3. The summed E-state index contributed by atoms with van der Waals surface area (Å²) < 4.78 is 34.1. The van der Waals surface area contributed by atoms with Gasteiger partial charge in [0.25, 0.3) is 0 Å². The number of unbranched alkanes of at least 4 members (excludes halogenated alkanes) is 3. The molecule has 0 spiro atoms. The average molecular weight is 562 g/mol. The fourth-order valence-electron chi connectivity index (χ4n) is 5.08. The van der Waals surface area contributed by atoms with E-state index in [0.717, 1.165) is 5.56 Å². The van der Waals surface area contributed by atoms with Crippen molar-refractivity contribution in [3.05, 3.63) is 59.2 Å². The Hall–Kier alpha value is -0.851. The van der Waals surface area contributed by atoms with Crippen LogP contribution in [0.4, 0.5) is 0 Å². The molecular formula is C27H41NO2SSn. The van der Waals surface area contributed by atoms with Crippen molar-refractivity contribution in [2.45, 2.75) is 97.5 Å². The fraction of sp³-hybridized carbons (Fsp3) is 0.556. The fourth-order valence-corrected chi connectivity index (χ4v) is 22.5. The second-order valence-corrected chi connectivity index (χ2v) is 24.8. The van der Waals surface area contributed by atoms with Crippen LogP contribution in [0.15, 0.2) is 47.4 Å². The van der Waals surface area contributed by atoms with Gasteiger partial charge in [0.15, 0.2) is 0 Å². The molecule has 0 amide bonds. The molecule has 1 aliphatic rings. The molecule has 32 heavy (non-hydrogen) atoms. The molecule has 3 nitrogen and oxygen atoms in total. The van der Waals surface area contributed by atoms with Gasteiger partial charge in [-0.2, -0.15) is 0 Å². The van der Waals surface area contributed by atoms with Crippen LogP contribution in [0.2, 0.25) is 13.3 Å². The maximum atomic E-state index is 13.3.